The highest BCUT2D eigenvalue weighted by atomic mass is 32.2. The zero-order valence-electron chi connectivity index (χ0n) is 10.1. The molecule has 1 rings (SSSR count). The summed E-state index contributed by atoms with van der Waals surface area (Å²) in [5.41, 5.74) is 8.54. The minimum Gasteiger partial charge on any atom is -0.328 e. The summed E-state index contributed by atoms with van der Waals surface area (Å²) in [5.74, 6) is 0. The first-order valence-electron chi connectivity index (χ1n) is 5.51. The minimum atomic E-state index is 0.243. The second kappa shape index (κ2) is 5.57. The third-order valence-electron chi connectivity index (χ3n) is 2.23. The largest absolute Gasteiger partial charge is 0.328 e. The van der Waals surface area contributed by atoms with E-state index < -0.39 is 0 Å². The Hall–Kier alpha value is -0.470. The highest BCUT2D eigenvalue weighted by molar-refractivity contribution is 7.99. The van der Waals surface area contributed by atoms with E-state index in [1.165, 1.54) is 16.0 Å². The third-order valence-corrected chi connectivity index (χ3v) is 3.23. The van der Waals surface area contributed by atoms with E-state index in [0.29, 0.717) is 5.25 Å². The highest BCUT2D eigenvalue weighted by Crippen LogP contribution is 2.25. The van der Waals surface area contributed by atoms with E-state index in [2.05, 4.69) is 45.9 Å². The lowest BCUT2D eigenvalue weighted by molar-refractivity contribution is 0.734. The summed E-state index contributed by atoms with van der Waals surface area (Å²) in [6, 6.07) is 6.92. The van der Waals surface area contributed by atoms with Gasteiger partial charge in [0.1, 0.15) is 0 Å². The van der Waals surface area contributed by atoms with Gasteiger partial charge in [-0.25, -0.2) is 0 Å². The van der Waals surface area contributed by atoms with Gasteiger partial charge in [-0.2, -0.15) is 0 Å². The molecular weight excluding hydrogens is 202 g/mol. The van der Waals surface area contributed by atoms with Crippen LogP contribution in [0.2, 0.25) is 0 Å². The van der Waals surface area contributed by atoms with Crippen LogP contribution in [0.1, 0.15) is 31.9 Å². The summed E-state index contributed by atoms with van der Waals surface area (Å²) in [5, 5.41) is 0.642. The predicted molar refractivity (Wildman–Crippen MR) is 69.5 cm³/mol. The molecule has 1 unspecified atom stereocenters. The highest BCUT2D eigenvalue weighted by Gasteiger charge is 2.04. The van der Waals surface area contributed by atoms with Gasteiger partial charge in [0.05, 0.1) is 0 Å². The van der Waals surface area contributed by atoms with Crippen LogP contribution in [-0.2, 0) is 6.42 Å². The maximum Gasteiger partial charge on any atom is 0.00774 e. The topological polar surface area (TPSA) is 26.0 Å². The zero-order valence-corrected chi connectivity index (χ0v) is 10.9. The molecule has 0 amide bonds. The number of thioether (sulfide) groups is 1. The van der Waals surface area contributed by atoms with E-state index in [0.717, 1.165) is 6.42 Å². The quantitative estimate of drug-likeness (QED) is 0.792. The number of hydrogen-bond donors (Lipinski definition) is 1. The normalized spacial score (nSPS) is 13.2. The van der Waals surface area contributed by atoms with Gasteiger partial charge in [-0.15, -0.1) is 11.8 Å². The first-order valence-corrected chi connectivity index (χ1v) is 6.38. The van der Waals surface area contributed by atoms with Crippen LogP contribution in [0.15, 0.2) is 23.1 Å². The average Bonchev–Trinajstić information content (AvgIpc) is 2.08. The van der Waals surface area contributed by atoms with Gasteiger partial charge in [0.15, 0.2) is 0 Å². The molecule has 0 heterocycles. The Morgan fingerprint density at radius 3 is 2.40 bits per heavy atom. The van der Waals surface area contributed by atoms with Gasteiger partial charge in [-0.1, -0.05) is 19.9 Å². The molecule has 0 fully saturated rings. The molecule has 0 saturated heterocycles. The van der Waals surface area contributed by atoms with Crippen LogP contribution in [0.5, 0.6) is 0 Å². The van der Waals surface area contributed by atoms with E-state index in [1.54, 1.807) is 0 Å². The van der Waals surface area contributed by atoms with Gasteiger partial charge in [0.2, 0.25) is 0 Å². The van der Waals surface area contributed by atoms with Crippen LogP contribution < -0.4 is 5.73 Å². The minimum absolute atomic E-state index is 0.243. The molecule has 2 N–H and O–H groups in total. The molecule has 1 nitrogen and oxygen atoms in total. The maximum absolute atomic E-state index is 5.81. The van der Waals surface area contributed by atoms with E-state index in [4.69, 9.17) is 5.73 Å². The molecule has 15 heavy (non-hydrogen) atoms. The van der Waals surface area contributed by atoms with Gasteiger partial charge >= 0.3 is 0 Å². The Morgan fingerprint density at radius 2 is 1.93 bits per heavy atom. The monoisotopic (exact) mass is 223 g/mol. The van der Waals surface area contributed by atoms with Crippen molar-refractivity contribution in [3.8, 4) is 0 Å². The van der Waals surface area contributed by atoms with Crippen LogP contribution in [-0.4, -0.2) is 11.3 Å². The summed E-state index contributed by atoms with van der Waals surface area (Å²) in [4.78, 5) is 1.36. The second-order valence-corrected chi connectivity index (χ2v) is 6.09. The molecule has 0 bridgehead atoms. The van der Waals surface area contributed by atoms with Crippen molar-refractivity contribution in [1.29, 1.82) is 0 Å². The van der Waals surface area contributed by atoms with E-state index in [9.17, 15) is 0 Å². The molecule has 0 aliphatic rings. The Kier molecular flexibility index (Phi) is 4.68. The Labute approximate surface area is 97.4 Å². The van der Waals surface area contributed by atoms with Crippen molar-refractivity contribution in [3.05, 3.63) is 29.3 Å². The molecule has 84 valence electrons. The Balaban J connectivity index is 2.78. The van der Waals surface area contributed by atoms with Gasteiger partial charge < -0.3 is 5.73 Å². The van der Waals surface area contributed by atoms with Gasteiger partial charge in [0, 0.05) is 16.2 Å². The smallest absolute Gasteiger partial charge is 0.00774 e. The summed E-state index contributed by atoms with van der Waals surface area (Å²) < 4.78 is 0. The Morgan fingerprint density at radius 1 is 1.27 bits per heavy atom. The SMILES string of the molecule is Cc1cc(SC(C)C)ccc1CC(C)N. The molecule has 0 spiro atoms. The molecule has 0 aliphatic heterocycles. The van der Waals surface area contributed by atoms with Crippen LogP contribution in [0.25, 0.3) is 0 Å². The van der Waals surface area contributed by atoms with E-state index in [-0.39, 0.29) is 6.04 Å². The maximum atomic E-state index is 5.81. The lowest BCUT2D eigenvalue weighted by Gasteiger charge is -2.11. The number of benzene rings is 1. The lowest BCUT2D eigenvalue weighted by atomic mass is 10.0. The summed E-state index contributed by atoms with van der Waals surface area (Å²) in [7, 11) is 0. The van der Waals surface area contributed by atoms with Crippen LogP contribution in [0, 0.1) is 6.92 Å². The van der Waals surface area contributed by atoms with Crippen molar-refractivity contribution in [2.45, 2.75) is 50.3 Å². The summed E-state index contributed by atoms with van der Waals surface area (Å²) in [6.45, 7) is 8.66. The second-order valence-electron chi connectivity index (χ2n) is 4.44. The van der Waals surface area contributed by atoms with Crippen LogP contribution >= 0.6 is 11.8 Å². The molecule has 0 saturated carbocycles. The molecule has 2 heteroatoms. The summed E-state index contributed by atoms with van der Waals surface area (Å²) in [6.07, 6.45) is 0.971. The van der Waals surface area contributed by atoms with Crippen molar-refractivity contribution in [1.82, 2.24) is 0 Å². The fraction of sp³-hybridized carbons (Fsp3) is 0.538. The van der Waals surface area contributed by atoms with Crippen LogP contribution in [0.3, 0.4) is 0 Å². The molecule has 0 aromatic heterocycles. The van der Waals surface area contributed by atoms with Crippen LogP contribution in [0.4, 0.5) is 0 Å². The average molecular weight is 223 g/mol. The summed E-state index contributed by atoms with van der Waals surface area (Å²) >= 11 is 1.91. The number of rotatable bonds is 4. The molecule has 1 aromatic carbocycles. The molecule has 0 radical (unpaired) electrons. The van der Waals surface area contributed by atoms with Crippen molar-refractivity contribution in [3.63, 3.8) is 0 Å². The number of nitrogens with two attached hydrogens (primary N) is 1. The van der Waals surface area contributed by atoms with Crippen molar-refractivity contribution < 1.29 is 0 Å². The van der Waals surface area contributed by atoms with E-state index in [1.807, 2.05) is 11.8 Å². The molecule has 1 atom stereocenters. The third kappa shape index (κ3) is 4.27. The molecular formula is C13H21NS. The van der Waals surface area contributed by atoms with E-state index >= 15 is 0 Å². The predicted octanol–water partition coefficient (Wildman–Crippen LogP) is 3.39. The van der Waals surface area contributed by atoms with Crippen molar-refractivity contribution in [2.24, 2.45) is 5.73 Å². The van der Waals surface area contributed by atoms with Gasteiger partial charge in [0.25, 0.3) is 0 Å². The molecule has 1 aromatic rings. The first kappa shape index (κ1) is 12.6. The van der Waals surface area contributed by atoms with Crippen molar-refractivity contribution >= 4 is 11.8 Å². The zero-order chi connectivity index (χ0) is 11.4. The van der Waals surface area contributed by atoms with Gasteiger partial charge in [-0.3, -0.25) is 0 Å². The van der Waals surface area contributed by atoms with Crippen molar-refractivity contribution in [2.75, 3.05) is 0 Å². The molecule has 0 aliphatic carbocycles. The van der Waals surface area contributed by atoms with Gasteiger partial charge in [-0.05, 0) is 43.5 Å². The Bertz CT molecular complexity index is 318. The fourth-order valence-corrected chi connectivity index (χ4v) is 2.53. The number of hydrogen-bond acceptors (Lipinski definition) is 2. The fourth-order valence-electron chi connectivity index (χ4n) is 1.59. The lowest BCUT2D eigenvalue weighted by Crippen LogP contribution is -2.18. The number of aryl methyl sites for hydroxylation is 1. The first-order chi connectivity index (χ1) is 6.99. The standard InChI is InChI=1S/C13H21NS/c1-9(2)15-13-6-5-12(8-11(4)14)10(3)7-13/h5-7,9,11H,8,14H2,1-4H3.